The molecular weight excluding hydrogens is 420 g/mol. The zero-order valence-corrected chi connectivity index (χ0v) is 18.7. The van der Waals surface area contributed by atoms with Crippen LogP contribution in [0.25, 0.3) is 0 Å². The Hall–Kier alpha value is -4.00. The number of carbonyl (C=O) groups excluding carboxylic acids is 2. The fourth-order valence-electron chi connectivity index (χ4n) is 3.67. The van der Waals surface area contributed by atoms with Gasteiger partial charge in [0.25, 0.3) is 11.8 Å². The van der Waals surface area contributed by atoms with E-state index in [0.717, 1.165) is 23.3 Å². The Morgan fingerprint density at radius 1 is 1.00 bits per heavy atom. The molecule has 1 aliphatic rings. The minimum Gasteiger partial charge on any atom is -0.497 e. The number of amides is 2. The zero-order chi connectivity index (χ0) is 23.2. The van der Waals surface area contributed by atoms with E-state index in [9.17, 15) is 9.59 Å². The number of benzene rings is 3. The maximum absolute atomic E-state index is 12.7. The van der Waals surface area contributed by atoms with Crippen molar-refractivity contribution in [1.29, 1.82) is 0 Å². The monoisotopic (exact) mass is 446 g/mol. The van der Waals surface area contributed by atoms with Crippen LogP contribution in [-0.2, 0) is 17.8 Å². The van der Waals surface area contributed by atoms with Crippen LogP contribution in [0.1, 0.15) is 21.5 Å². The van der Waals surface area contributed by atoms with E-state index in [1.54, 1.807) is 55.5 Å². The van der Waals surface area contributed by atoms with Crippen LogP contribution in [0.2, 0.25) is 0 Å². The van der Waals surface area contributed by atoms with E-state index in [1.807, 2.05) is 30.3 Å². The average molecular weight is 447 g/mol. The van der Waals surface area contributed by atoms with Crippen molar-refractivity contribution in [2.75, 3.05) is 32.7 Å². The van der Waals surface area contributed by atoms with Crippen LogP contribution >= 0.6 is 0 Å². The number of carbonyl (C=O) groups is 2. The van der Waals surface area contributed by atoms with Crippen LogP contribution in [-0.4, -0.2) is 44.1 Å². The zero-order valence-electron chi connectivity index (χ0n) is 18.7. The van der Waals surface area contributed by atoms with Gasteiger partial charge in [-0.1, -0.05) is 18.2 Å². The maximum atomic E-state index is 12.7. The van der Waals surface area contributed by atoms with E-state index in [1.165, 1.54) is 0 Å². The molecule has 0 atom stereocenters. The molecule has 7 nitrogen and oxygen atoms in total. The van der Waals surface area contributed by atoms with Crippen LogP contribution in [0, 0.1) is 0 Å². The van der Waals surface area contributed by atoms with Gasteiger partial charge in [-0.05, 0) is 60.5 Å². The molecule has 1 N–H and O–H groups in total. The van der Waals surface area contributed by atoms with Gasteiger partial charge >= 0.3 is 0 Å². The summed E-state index contributed by atoms with van der Waals surface area (Å²) in [6.45, 7) is 0.965. The first-order valence-corrected chi connectivity index (χ1v) is 10.7. The first-order valence-electron chi connectivity index (χ1n) is 10.7. The Labute approximate surface area is 192 Å². The molecule has 0 saturated carbocycles. The molecule has 33 heavy (non-hydrogen) atoms. The number of hydrogen-bond acceptors (Lipinski definition) is 5. The summed E-state index contributed by atoms with van der Waals surface area (Å²) >= 11 is 0. The molecule has 3 aromatic rings. The van der Waals surface area contributed by atoms with Crippen LogP contribution in [0.5, 0.6) is 17.2 Å². The van der Waals surface area contributed by atoms with Gasteiger partial charge in [0.15, 0.2) is 6.61 Å². The molecular formula is C26H26N2O5. The smallest absolute Gasteiger partial charge is 0.260 e. The summed E-state index contributed by atoms with van der Waals surface area (Å²) in [5.74, 6) is 1.76. The van der Waals surface area contributed by atoms with Gasteiger partial charge < -0.3 is 24.4 Å². The Morgan fingerprint density at radius 2 is 1.79 bits per heavy atom. The minimum absolute atomic E-state index is 0.00880. The van der Waals surface area contributed by atoms with Crippen LogP contribution in [0.4, 0.5) is 5.69 Å². The summed E-state index contributed by atoms with van der Waals surface area (Å²) in [5.41, 5.74) is 3.10. The van der Waals surface area contributed by atoms with Crippen molar-refractivity contribution in [3.05, 3.63) is 83.4 Å². The molecule has 3 aromatic carbocycles. The lowest BCUT2D eigenvalue weighted by atomic mass is 10.1. The van der Waals surface area contributed by atoms with Gasteiger partial charge in [-0.15, -0.1) is 0 Å². The van der Waals surface area contributed by atoms with Crippen molar-refractivity contribution < 1.29 is 23.8 Å². The predicted octanol–water partition coefficient (Wildman–Crippen LogP) is 3.92. The third kappa shape index (κ3) is 5.44. The number of rotatable bonds is 7. The lowest BCUT2D eigenvalue weighted by molar-refractivity contribution is -0.133. The van der Waals surface area contributed by atoms with Crippen molar-refractivity contribution >= 4 is 17.5 Å². The topological polar surface area (TPSA) is 77.1 Å². The van der Waals surface area contributed by atoms with Crippen molar-refractivity contribution in [2.45, 2.75) is 13.0 Å². The first-order chi connectivity index (χ1) is 16.1. The SMILES string of the molecule is COc1ccc(CCN2Cc3cc(NC(=O)c4cccc(OC)c4)ccc3OCC2=O)cc1. The molecule has 0 aromatic heterocycles. The van der Waals surface area contributed by atoms with E-state index in [-0.39, 0.29) is 18.4 Å². The second-order valence-electron chi connectivity index (χ2n) is 7.71. The molecule has 7 heteroatoms. The van der Waals surface area contributed by atoms with Gasteiger partial charge in [-0.2, -0.15) is 0 Å². The largest absolute Gasteiger partial charge is 0.497 e. The van der Waals surface area contributed by atoms with Gasteiger partial charge in [0, 0.05) is 29.9 Å². The Kier molecular flexibility index (Phi) is 6.78. The highest BCUT2D eigenvalue weighted by atomic mass is 16.5. The molecule has 1 heterocycles. The summed E-state index contributed by atoms with van der Waals surface area (Å²) in [4.78, 5) is 27.1. The summed E-state index contributed by atoms with van der Waals surface area (Å²) in [7, 11) is 3.20. The molecule has 1 aliphatic heterocycles. The third-order valence-corrected chi connectivity index (χ3v) is 5.54. The quantitative estimate of drug-likeness (QED) is 0.595. The number of methoxy groups -OCH3 is 2. The van der Waals surface area contributed by atoms with E-state index >= 15 is 0 Å². The lowest BCUT2D eigenvalue weighted by Gasteiger charge is -2.20. The number of anilines is 1. The minimum atomic E-state index is -0.240. The van der Waals surface area contributed by atoms with Gasteiger partial charge in [0.1, 0.15) is 17.2 Å². The van der Waals surface area contributed by atoms with Crippen molar-refractivity contribution in [1.82, 2.24) is 4.90 Å². The fraction of sp³-hybridized carbons (Fsp3) is 0.231. The Morgan fingerprint density at radius 3 is 2.55 bits per heavy atom. The van der Waals surface area contributed by atoms with Gasteiger partial charge in [0.2, 0.25) is 0 Å². The highest BCUT2D eigenvalue weighted by Gasteiger charge is 2.22. The van der Waals surface area contributed by atoms with Crippen molar-refractivity contribution in [3.63, 3.8) is 0 Å². The van der Waals surface area contributed by atoms with Crippen molar-refractivity contribution in [3.8, 4) is 17.2 Å². The average Bonchev–Trinajstić information content (AvgIpc) is 3.01. The molecule has 0 spiro atoms. The number of ether oxygens (including phenoxy) is 3. The summed E-state index contributed by atoms with van der Waals surface area (Å²) in [5, 5.41) is 2.91. The van der Waals surface area contributed by atoms with E-state index < -0.39 is 0 Å². The summed E-state index contributed by atoms with van der Waals surface area (Å²) < 4.78 is 16.1. The van der Waals surface area contributed by atoms with Gasteiger partial charge in [-0.3, -0.25) is 9.59 Å². The number of nitrogens with zero attached hydrogens (tertiary/aromatic N) is 1. The third-order valence-electron chi connectivity index (χ3n) is 5.54. The molecule has 4 rings (SSSR count). The number of hydrogen-bond donors (Lipinski definition) is 1. The molecule has 2 amide bonds. The molecule has 0 fully saturated rings. The molecule has 170 valence electrons. The molecule has 0 unspecified atom stereocenters. The summed E-state index contributed by atoms with van der Waals surface area (Å²) in [6, 6.07) is 20.2. The van der Waals surface area contributed by atoms with E-state index in [2.05, 4.69) is 5.32 Å². The van der Waals surface area contributed by atoms with Crippen LogP contribution in [0.15, 0.2) is 66.7 Å². The second-order valence-corrected chi connectivity index (χ2v) is 7.71. The van der Waals surface area contributed by atoms with Gasteiger partial charge in [-0.25, -0.2) is 0 Å². The maximum Gasteiger partial charge on any atom is 0.260 e. The van der Waals surface area contributed by atoms with Crippen LogP contribution < -0.4 is 19.5 Å². The van der Waals surface area contributed by atoms with E-state index in [0.29, 0.717) is 35.8 Å². The molecule has 0 radical (unpaired) electrons. The van der Waals surface area contributed by atoms with Crippen LogP contribution in [0.3, 0.4) is 0 Å². The first kappa shape index (κ1) is 22.2. The van der Waals surface area contributed by atoms with Crippen molar-refractivity contribution in [2.24, 2.45) is 0 Å². The molecule has 0 aliphatic carbocycles. The standard InChI is InChI=1S/C26H26N2O5/c1-31-22-9-6-18(7-10-22)12-13-28-16-20-14-21(8-11-24(20)33-17-25(28)29)27-26(30)19-4-3-5-23(15-19)32-2/h3-11,14-15H,12-13,16-17H2,1-2H3,(H,27,30). The number of nitrogens with one attached hydrogen (secondary N) is 1. The molecule has 0 saturated heterocycles. The summed E-state index contributed by atoms with van der Waals surface area (Å²) in [6.07, 6.45) is 0.720. The van der Waals surface area contributed by atoms with E-state index in [4.69, 9.17) is 14.2 Å². The van der Waals surface area contributed by atoms with Gasteiger partial charge in [0.05, 0.1) is 14.2 Å². The predicted molar refractivity (Wildman–Crippen MR) is 125 cm³/mol. The number of fused-ring (bicyclic) bond motifs is 1. The Balaban J connectivity index is 1.45. The highest BCUT2D eigenvalue weighted by molar-refractivity contribution is 6.04. The highest BCUT2D eigenvalue weighted by Crippen LogP contribution is 2.27. The fourth-order valence-corrected chi connectivity index (χ4v) is 3.67. The lowest BCUT2D eigenvalue weighted by Crippen LogP contribution is -2.34. The molecule has 0 bridgehead atoms. The second kappa shape index (κ2) is 10.1. The normalized spacial score (nSPS) is 12.9. The Bertz CT molecular complexity index is 1140.